The van der Waals surface area contributed by atoms with Gasteiger partial charge in [-0.05, 0) is 55.8 Å². The van der Waals surface area contributed by atoms with Crippen LogP contribution in [-0.2, 0) is 4.79 Å². The van der Waals surface area contributed by atoms with E-state index >= 15 is 0 Å². The molecule has 0 aromatic heterocycles. The zero-order valence-electron chi connectivity index (χ0n) is 15.6. The minimum Gasteiger partial charge on any atom is -0.494 e. The van der Waals surface area contributed by atoms with Gasteiger partial charge < -0.3 is 19.7 Å². The Morgan fingerprint density at radius 3 is 2.31 bits per heavy atom. The van der Waals surface area contributed by atoms with Crippen LogP contribution < -0.4 is 19.7 Å². The molecule has 3 rings (SSSR count). The molecule has 1 atom stereocenters. The van der Waals surface area contributed by atoms with Crippen molar-refractivity contribution in [1.29, 1.82) is 0 Å². The fourth-order valence-electron chi connectivity index (χ4n) is 3.06. The summed E-state index contributed by atoms with van der Waals surface area (Å²) in [5, 5.41) is 2.88. The third kappa shape index (κ3) is 4.48. The quantitative estimate of drug-likeness (QED) is 0.826. The molecule has 0 aliphatic carbocycles. The van der Waals surface area contributed by atoms with E-state index < -0.39 is 0 Å². The van der Waals surface area contributed by atoms with E-state index in [2.05, 4.69) is 22.3 Å². The molecule has 1 heterocycles. The second-order valence-corrected chi connectivity index (χ2v) is 6.56. The molecule has 5 nitrogen and oxygen atoms in total. The van der Waals surface area contributed by atoms with Gasteiger partial charge in [0.2, 0.25) is 5.91 Å². The van der Waals surface area contributed by atoms with Crippen molar-refractivity contribution in [2.45, 2.75) is 32.9 Å². The van der Waals surface area contributed by atoms with Crippen LogP contribution in [0, 0.1) is 0 Å². The number of hydrogen-bond acceptors (Lipinski definition) is 4. The smallest absolute Gasteiger partial charge is 0.217 e. The molecule has 2 aromatic rings. The number of ether oxygens (including phenoxy) is 2. The zero-order valence-corrected chi connectivity index (χ0v) is 15.6. The van der Waals surface area contributed by atoms with E-state index in [1.54, 1.807) is 0 Å². The van der Waals surface area contributed by atoms with Crippen LogP contribution in [0.15, 0.2) is 48.5 Å². The first kappa shape index (κ1) is 18.1. The van der Waals surface area contributed by atoms with Crippen molar-refractivity contribution < 1.29 is 14.3 Å². The Morgan fingerprint density at radius 2 is 1.73 bits per heavy atom. The fourth-order valence-corrected chi connectivity index (χ4v) is 3.06. The summed E-state index contributed by atoms with van der Waals surface area (Å²) < 4.78 is 11.5. The number of benzene rings is 2. The second kappa shape index (κ2) is 8.13. The van der Waals surface area contributed by atoms with Gasteiger partial charge in [-0.25, -0.2) is 0 Å². The molecule has 1 saturated heterocycles. The predicted molar refractivity (Wildman–Crippen MR) is 103 cm³/mol. The molecule has 138 valence electrons. The Kier molecular flexibility index (Phi) is 5.66. The number of amides is 1. The topological polar surface area (TPSA) is 50.8 Å². The summed E-state index contributed by atoms with van der Waals surface area (Å²) in [6, 6.07) is 16.1. The number of hydrogen-bond donors (Lipinski definition) is 1. The third-order valence-corrected chi connectivity index (χ3v) is 4.46. The van der Waals surface area contributed by atoms with Crippen LogP contribution in [-0.4, -0.2) is 31.7 Å². The Morgan fingerprint density at radius 1 is 1.12 bits per heavy atom. The van der Waals surface area contributed by atoms with Gasteiger partial charge in [0, 0.05) is 12.6 Å². The summed E-state index contributed by atoms with van der Waals surface area (Å²) in [7, 11) is 0. The van der Waals surface area contributed by atoms with Gasteiger partial charge in [-0.2, -0.15) is 0 Å². The van der Waals surface area contributed by atoms with Gasteiger partial charge in [0.15, 0.2) is 0 Å². The highest BCUT2D eigenvalue weighted by Crippen LogP contribution is 2.26. The van der Waals surface area contributed by atoms with Gasteiger partial charge in [0.05, 0.1) is 25.7 Å². The maximum Gasteiger partial charge on any atom is 0.217 e. The van der Waals surface area contributed by atoms with E-state index in [0.717, 1.165) is 30.2 Å². The zero-order chi connectivity index (χ0) is 18.5. The van der Waals surface area contributed by atoms with Gasteiger partial charge in [0.25, 0.3) is 0 Å². The average molecular weight is 354 g/mol. The molecular formula is C21H26N2O3. The summed E-state index contributed by atoms with van der Waals surface area (Å²) in [6.45, 7) is 7.91. The minimum atomic E-state index is -0.0262. The van der Waals surface area contributed by atoms with Gasteiger partial charge in [-0.3, -0.25) is 4.79 Å². The molecule has 1 aliphatic heterocycles. The van der Waals surface area contributed by atoms with E-state index in [4.69, 9.17) is 9.47 Å². The number of rotatable bonds is 7. The maximum atomic E-state index is 11.1. The van der Waals surface area contributed by atoms with Crippen molar-refractivity contribution in [2.24, 2.45) is 0 Å². The van der Waals surface area contributed by atoms with E-state index in [0.29, 0.717) is 6.61 Å². The largest absolute Gasteiger partial charge is 0.494 e. The van der Waals surface area contributed by atoms with Crippen molar-refractivity contribution in [3.63, 3.8) is 0 Å². The van der Waals surface area contributed by atoms with E-state index in [9.17, 15) is 4.79 Å². The first-order valence-electron chi connectivity index (χ1n) is 9.06. The fraction of sp³-hybridized carbons (Fsp3) is 0.381. The van der Waals surface area contributed by atoms with Crippen LogP contribution in [0.1, 0.15) is 32.4 Å². The third-order valence-electron chi connectivity index (χ3n) is 4.46. The average Bonchev–Trinajstić information content (AvgIpc) is 2.59. The van der Waals surface area contributed by atoms with Gasteiger partial charge in [-0.15, -0.1) is 0 Å². The summed E-state index contributed by atoms with van der Waals surface area (Å²) >= 11 is 0. The van der Waals surface area contributed by atoms with Gasteiger partial charge >= 0.3 is 0 Å². The molecule has 0 saturated carbocycles. The summed E-state index contributed by atoms with van der Waals surface area (Å²) in [6.07, 6.45) is 0.195. The Hall–Kier alpha value is -2.69. The lowest BCUT2D eigenvalue weighted by Crippen LogP contribution is -2.54. The number of nitrogens with one attached hydrogen (secondary N) is 1. The van der Waals surface area contributed by atoms with Crippen LogP contribution in [0.25, 0.3) is 0 Å². The first-order chi connectivity index (χ1) is 12.5. The second-order valence-electron chi connectivity index (χ2n) is 6.56. The van der Waals surface area contributed by atoms with Crippen molar-refractivity contribution in [3.8, 4) is 11.5 Å². The van der Waals surface area contributed by atoms with Gasteiger partial charge in [-0.1, -0.05) is 12.1 Å². The van der Waals surface area contributed by atoms with Crippen molar-refractivity contribution in [2.75, 3.05) is 24.6 Å². The molecule has 26 heavy (non-hydrogen) atoms. The lowest BCUT2D eigenvalue weighted by molar-refractivity contribution is -0.119. The number of nitrogens with zero attached hydrogens (tertiary/aromatic N) is 1. The number of carbonyl (C=O) groups excluding carboxylic acids is 1. The molecule has 0 bridgehead atoms. The summed E-state index contributed by atoms with van der Waals surface area (Å²) in [4.78, 5) is 13.4. The highest BCUT2D eigenvalue weighted by molar-refractivity contribution is 5.73. The Labute approximate surface area is 154 Å². The molecule has 0 spiro atoms. The first-order valence-corrected chi connectivity index (χ1v) is 9.06. The van der Waals surface area contributed by atoms with Crippen LogP contribution >= 0.6 is 0 Å². The molecule has 0 radical (unpaired) electrons. The van der Waals surface area contributed by atoms with E-state index in [-0.39, 0.29) is 18.1 Å². The van der Waals surface area contributed by atoms with Crippen LogP contribution in [0.5, 0.6) is 11.5 Å². The SMILES string of the molecule is CCOc1ccc(N2CC(Oc3ccc(C(C)NC(C)=O)cc3)C2)cc1. The predicted octanol–water partition coefficient (Wildman–Crippen LogP) is 3.55. The minimum absolute atomic E-state index is 0.000374. The number of anilines is 1. The lowest BCUT2D eigenvalue weighted by Gasteiger charge is -2.40. The summed E-state index contributed by atoms with van der Waals surface area (Å²) in [5.74, 6) is 1.74. The van der Waals surface area contributed by atoms with Crippen molar-refractivity contribution >= 4 is 11.6 Å². The van der Waals surface area contributed by atoms with Crippen molar-refractivity contribution in [3.05, 3.63) is 54.1 Å². The van der Waals surface area contributed by atoms with Crippen LogP contribution in [0.3, 0.4) is 0 Å². The molecule has 1 N–H and O–H groups in total. The van der Waals surface area contributed by atoms with E-state index in [1.807, 2.05) is 50.2 Å². The van der Waals surface area contributed by atoms with Crippen molar-refractivity contribution in [1.82, 2.24) is 5.32 Å². The standard InChI is InChI=1S/C21H26N2O3/c1-4-25-19-11-7-18(8-12-19)23-13-21(14-23)26-20-9-5-17(6-10-20)15(2)22-16(3)24/h5-12,15,21H,4,13-14H2,1-3H3,(H,22,24). The Balaban J connectivity index is 1.48. The maximum absolute atomic E-state index is 11.1. The molecule has 1 unspecified atom stereocenters. The highest BCUT2D eigenvalue weighted by atomic mass is 16.5. The highest BCUT2D eigenvalue weighted by Gasteiger charge is 2.28. The number of carbonyl (C=O) groups is 1. The molecule has 1 fully saturated rings. The molecule has 1 amide bonds. The van der Waals surface area contributed by atoms with Crippen LogP contribution in [0.2, 0.25) is 0 Å². The normalized spacial score (nSPS) is 15.1. The summed E-state index contributed by atoms with van der Waals surface area (Å²) in [5.41, 5.74) is 2.25. The molecular weight excluding hydrogens is 328 g/mol. The molecule has 2 aromatic carbocycles. The lowest BCUT2D eigenvalue weighted by atomic mass is 10.1. The molecule has 1 aliphatic rings. The van der Waals surface area contributed by atoms with E-state index in [1.165, 1.54) is 12.6 Å². The van der Waals surface area contributed by atoms with Crippen LogP contribution in [0.4, 0.5) is 5.69 Å². The van der Waals surface area contributed by atoms with Gasteiger partial charge in [0.1, 0.15) is 17.6 Å². The Bertz CT molecular complexity index is 722. The molecule has 5 heteroatoms. The monoisotopic (exact) mass is 354 g/mol.